The fourth-order valence-electron chi connectivity index (χ4n) is 0.858. The van der Waals surface area contributed by atoms with Crippen molar-refractivity contribution in [2.24, 2.45) is 10.8 Å². The van der Waals surface area contributed by atoms with Gasteiger partial charge in [0.05, 0.1) is 0 Å². The molecule has 0 rings (SSSR count). The third kappa shape index (κ3) is 8.00. The number of nitrogens with two attached hydrogens (primary N) is 1. The quantitative estimate of drug-likeness (QED) is 0.187. The first kappa shape index (κ1) is 13.4. The van der Waals surface area contributed by atoms with Gasteiger partial charge in [-0.15, -0.1) is 0 Å². The van der Waals surface area contributed by atoms with Crippen molar-refractivity contribution in [2.45, 2.75) is 19.8 Å². The van der Waals surface area contributed by atoms with E-state index in [1.807, 2.05) is 0 Å². The summed E-state index contributed by atoms with van der Waals surface area (Å²) in [6, 6.07) is 0. The number of nitrogens with one attached hydrogen (secondary N) is 2. The van der Waals surface area contributed by atoms with Crippen molar-refractivity contribution in [1.82, 2.24) is 10.7 Å². The van der Waals surface area contributed by atoms with E-state index in [1.165, 1.54) is 0 Å². The Morgan fingerprint density at radius 1 is 1.57 bits per heavy atom. The van der Waals surface area contributed by atoms with E-state index in [0.717, 1.165) is 25.9 Å². The van der Waals surface area contributed by atoms with E-state index in [9.17, 15) is 4.21 Å². The summed E-state index contributed by atoms with van der Waals surface area (Å²) in [5.41, 5.74) is 2.49. The summed E-state index contributed by atoms with van der Waals surface area (Å²) in [6.07, 6.45) is 3.55. The number of nitrogens with zero attached hydrogens (tertiary/aromatic N) is 1. The van der Waals surface area contributed by atoms with E-state index in [2.05, 4.69) is 22.7 Å². The largest absolute Gasteiger partial charge is 0.355 e. The van der Waals surface area contributed by atoms with Gasteiger partial charge in [-0.2, -0.15) is 0 Å². The highest BCUT2D eigenvalue weighted by Crippen LogP contribution is 1.82. The maximum Gasteiger partial charge on any atom is 0.205 e. The first-order valence-corrected chi connectivity index (χ1v) is 6.48. The van der Waals surface area contributed by atoms with E-state index < -0.39 is 10.8 Å². The number of aliphatic imine (C=N–C) groups is 1. The highest BCUT2D eigenvalue weighted by molar-refractivity contribution is 7.84. The standard InChI is InChI=1S/C8H20N4OS/c1-3-5-10-8(12-9)11-6-4-7-14(2)13/h3-7,9H2,1-2H3,(H2,10,11,12). The zero-order valence-electron chi connectivity index (χ0n) is 8.88. The number of hydrogen-bond acceptors (Lipinski definition) is 3. The molecule has 0 aromatic rings. The number of hydrogen-bond donors (Lipinski definition) is 3. The Morgan fingerprint density at radius 2 is 2.29 bits per heavy atom. The van der Waals surface area contributed by atoms with Crippen molar-refractivity contribution in [3.63, 3.8) is 0 Å². The highest BCUT2D eigenvalue weighted by atomic mass is 32.2. The topological polar surface area (TPSA) is 79.5 Å². The smallest absolute Gasteiger partial charge is 0.205 e. The Hall–Kier alpha value is -0.620. The molecule has 14 heavy (non-hydrogen) atoms. The molecule has 0 radical (unpaired) electrons. The summed E-state index contributed by atoms with van der Waals surface area (Å²) in [7, 11) is -0.719. The molecule has 1 atom stereocenters. The van der Waals surface area contributed by atoms with Crippen molar-refractivity contribution < 1.29 is 4.21 Å². The van der Waals surface area contributed by atoms with E-state index in [0.29, 0.717) is 11.7 Å². The molecule has 0 amide bonds. The molecule has 0 aromatic carbocycles. The SMILES string of the molecule is CCCN=C(NN)NCCCS(C)=O. The molecule has 0 saturated carbocycles. The number of hydrazine groups is 1. The Kier molecular flexibility index (Phi) is 8.56. The molecule has 0 aliphatic carbocycles. The molecule has 0 aliphatic heterocycles. The van der Waals surface area contributed by atoms with Crippen molar-refractivity contribution >= 4 is 16.8 Å². The maximum absolute atomic E-state index is 10.7. The van der Waals surface area contributed by atoms with Crippen LogP contribution in [0.15, 0.2) is 4.99 Å². The van der Waals surface area contributed by atoms with Crippen LogP contribution in [0.5, 0.6) is 0 Å². The van der Waals surface area contributed by atoms with Gasteiger partial charge in [0.1, 0.15) is 0 Å². The van der Waals surface area contributed by atoms with Gasteiger partial charge in [0.2, 0.25) is 5.96 Å². The van der Waals surface area contributed by atoms with Crippen LogP contribution in [0.1, 0.15) is 19.8 Å². The van der Waals surface area contributed by atoms with Crippen LogP contribution in [-0.2, 0) is 10.8 Å². The van der Waals surface area contributed by atoms with Crippen LogP contribution in [0.25, 0.3) is 0 Å². The van der Waals surface area contributed by atoms with Crippen LogP contribution < -0.4 is 16.6 Å². The van der Waals surface area contributed by atoms with Crippen molar-refractivity contribution in [1.29, 1.82) is 0 Å². The van der Waals surface area contributed by atoms with Crippen LogP contribution in [0, 0.1) is 0 Å². The van der Waals surface area contributed by atoms with Gasteiger partial charge in [0.25, 0.3) is 0 Å². The molecule has 0 fully saturated rings. The average molecular weight is 220 g/mol. The summed E-state index contributed by atoms with van der Waals surface area (Å²) >= 11 is 0. The lowest BCUT2D eigenvalue weighted by Crippen LogP contribution is -2.42. The van der Waals surface area contributed by atoms with Crippen molar-refractivity contribution in [2.75, 3.05) is 25.1 Å². The molecule has 0 bridgehead atoms. The second-order valence-corrected chi connectivity index (χ2v) is 4.49. The van der Waals surface area contributed by atoms with Crippen LogP contribution in [-0.4, -0.2) is 35.3 Å². The molecule has 84 valence electrons. The normalized spacial score (nSPS) is 13.8. The molecule has 0 heterocycles. The minimum Gasteiger partial charge on any atom is -0.355 e. The molecule has 4 N–H and O–H groups in total. The van der Waals surface area contributed by atoms with Gasteiger partial charge < -0.3 is 5.32 Å². The lowest BCUT2D eigenvalue weighted by Gasteiger charge is -2.07. The minimum atomic E-state index is -0.719. The second-order valence-electron chi connectivity index (χ2n) is 2.93. The molecule has 1 unspecified atom stereocenters. The summed E-state index contributed by atoms with van der Waals surface area (Å²) in [6.45, 7) is 3.55. The summed E-state index contributed by atoms with van der Waals surface area (Å²) in [5, 5.41) is 3.04. The van der Waals surface area contributed by atoms with Gasteiger partial charge in [-0.05, 0) is 12.8 Å². The van der Waals surface area contributed by atoms with Crippen LogP contribution in [0.2, 0.25) is 0 Å². The Morgan fingerprint density at radius 3 is 2.79 bits per heavy atom. The average Bonchev–Trinajstić information content (AvgIpc) is 2.16. The van der Waals surface area contributed by atoms with Gasteiger partial charge >= 0.3 is 0 Å². The monoisotopic (exact) mass is 220 g/mol. The molecule has 0 aromatic heterocycles. The van der Waals surface area contributed by atoms with Crippen LogP contribution in [0.3, 0.4) is 0 Å². The molecule has 6 heteroatoms. The number of guanidine groups is 1. The first-order chi connectivity index (χ1) is 6.70. The Bertz CT molecular complexity index is 196. The van der Waals surface area contributed by atoms with Gasteiger partial charge in [-0.25, -0.2) is 5.84 Å². The summed E-state index contributed by atoms with van der Waals surface area (Å²) < 4.78 is 10.7. The van der Waals surface area contributed by atoms with E-state index in [-0.39, 0.29) is 0 Å². The summed E-state index contributed by atoms with van der Waals surface area (Å²) in [4.78, 5) is 4.17. The molecule has 0 aliphatic rings. The third-order valence-corrected chi connectivity index (χ3v) is 2.39. The lowest BCUT2D eigenvalue weighted by molar-refractivity contribution is 0.682. The minimum absolute atomic E-state index is 0.605. The zero-order valence-corrected chi connectivity index (χ0v) is 9.69. The van der Waals surface area contributed by atoms with Gasteiger partial charge in [-0.1, -0.05) is 6.92 Å². The lowest BCUT2D eigenvalue weighted by atomic mass is 10.5. The van der Waals surface area contributed by atoms with Gasteiger partial charge in [0.15, 0.2) is 0 Å². The van der Waals surface area contributed by atoms with Crippen molar-refractivity contribution in [3.05, 3.63) is 0 Å². The van der Waals surface area contributed by atoms with Gasteiger partial charge in [-0.3, -0.25) is 14.6 Å². The van der Waals surface area contributed by atoms with E-state index in [4.69, 9.17) is 5.84 Å². The van der Waals surface area contributed by atoms with E-state index in [1.54, 1.807) is 6.26 Å². The summed E-state index contributed by atoms with van der Waals surface area (Å²) in [5.74, 6) is 6.56. The number of rotatable bonds is 6. The van der Waals surface area contributed by atoms with Crippen molar-refractivity contribution in [3.8, 4) is 0 Å². The molecule has 0 saturated heterocycles. The predicted octanol–water partition coefficient (Wildman–Crippen LogP) is -0.426. The van der Waals surface area contributed by atoms with Crippen LogP contribution in [0.4, 0.5) is 0 Å². The second kappa shape index (κ2) is 8.96. The Balaban J connectivity index is 3.57. The third-order valence-electron chi connectivity index (χ3n) is 1.53. The first-order valence-electron chi connectivity index (χ1n) is 4.75. The van der Waals surface area contributed by atoms with Crippen LogP contribution >= 0.6 is 0 Å². The Labute approximate surface area is 88.0 Å². The maximum atomic E-state index is 10.7. The zero-order chi connectivity index (χ0) is 10.8. The highest BCUT2D eigenvalue weighted by Gasteiger charge is 1.95. The van der Waals surface area contributed by atoms with Gasteiger partial charge in [0, 0.05) is 35.9 Å². The fourth-order valence-corrected chi connectivity index (χ4v) is 1.41. The molecule has 0 spiro atoms. The molecular formula is C8H20N4OS. The predicted molar refractivity (Wildman–Crippen MR) is 61.5 cm³/mol. The fraction of sp³-hybridized carbons (Fsp3) is 0.875. The molecular weight excluding hydrogens is 200 g/mol. The molecule has 5 nitrogen and oxygen atoms in total. The van der Waals surface area contributed by atoms with E-state index >= 15 is 0 Å².